The Balaban J connectivity index is 1.67. The molecular weight excluding hydrogens is 384 g/mol. The Hall–Kier alpha value is -2.67. The van der Waals surface area contributed by atoms with Gasteiger partial charge in [-0.2, -0.15) is 0 Å². The fourth-order valence-electron chi connectivity index (χ4n) is 3.50. The minimum Gasteiger partial charge on any atom is -0.462 e. The summed E-state index contributed by atoms with van der Waals surface area (Å²) in [5, 5.41) is 3.24. The number of hydrogen-bond acceptors (Lipinski definition) is 5. The quantitative estimate of drug-likeness (QED) is 0.601. The SMILES string of the molecule is CCOC(=O)c1ccc(NC(=O)[C@@H](C)N2C(=O)[C@H]3CC(Cl)=CC[C@H]3C2=O)cc1. The largest absolute Gasteiger partial charge is 0.462 e. The lowest BCUT2D eigenvalue weighted by Gasteiger charge is -2.22. The van der Waals surface area contributed by atoms with Crippen LogP contribution in [-0.4, -0.2) is 41.2 Å². The molecule has 0 spiro atoms. The molecule has 148 valence electrons. The van der Waals surface area contributed by atoms with E-state index in [9.17, 15) is 19.2 Å². The van der Waals surface area contributed by atoms with E-state index in [1.807, 2.05) is 0 Å². The Bertz CT molecular complexity index is 849. The molecule has 1 aromatic rings. The number of carbonyl (C=O) groups excluding carboxylic acids is 4. The first-order valence-electron chi connectivity index (χ1n) is 9.13. The highest BCUT2D eigenvalue weighted by atomic mass is 35.5. The standard InChI is InChI=1S/C20H21ClN2O5/c1-3-28-20(27)12-4-7-14(8-5-12)22-17(24)11(2)23-18(25)15-9-6-13(21)10-16(15)19(23)26/h4-8,11,15-16H,3,9-10H2,1-2H3,(H,22,24)/t11-,15-,16+/m1/s1. The maximum Gasteiger partial charge on any atom is 0.338 e. The number of nitrogens with zero attached hydrogens (tertiary/aromatic N) is 1. The summed E-state index contributed by atoms with van der Waals surface area (Å²) in [5.74, 6) is -2.57. The van der Waals surface area contributed by atoms with E-state index < -0.39 is 29.8 Å². The molecule has 3 rings (SSSR count). The van der Waals surface area contributed by atoms with E-state index in [2.05, 4.69) is 5.32 Å². The number of allylic oxidation sites excluding steroid dienone is 2. The van der Waals surface area contributed by atoms with Crippen LogP contribution < -0.4 is 5.32 Å². The number of likely N-dealkylation sites (tertiary alicyclic amines) is 1. The molecule has 28 heavy (non-hydrogen) atoms. The summed E-state index contributed by atoms with van der Waals surface area (Å²) in [4.78, 5) is 50.6. The number of nitrogens with one attached hydrogen (secondary N) is 1. The number of fused-ring (bicyclic) bond motifs is 1. The predicted molar refractivity (Wildman–Crippen MR) is 102 cm³/mol. The second-order valence-electron chi connectivity index (χ2n) is 6.81. The summed E-state index contributed by atoms with van der Waals surface area (Å²) in [6.07, 6.45) is 2.50. The zero-order chi connectivity index (χ0) is 20.4. The molecule has 1 aliphatic carbocycles. The second-order valence-corrected chi connectivity index (χ2v) is 7.30. The number of halogens is 1. The Morgan fingerprint density at radius 2 is 1.86 bits per heavy atom. The van der Waals surface area contributed by atoms with Gasteiger partial charge in [-0.15, -0.1) is 0 Å². The first-order valence-corrected chi connectivity index (χ1v) is 9.50. The summed E-state index contributed by atoms with van der Waals surface area (Å²) in [6.45, 7) is 3.51. The van der Waals surface area contributed by atoms with Gasteiger partial charge < -0.3 is 10.1 Å². The van der Waals surface area contributed by atoms with Crippen LogP contribution in [0, 0.1) is 11.8 Å². The summed E-state index contributed by atoms with van der Waals surface area (Å²) < 4.78 is 4.91. The van der Waals surface area contributed by atoms with Crippen molar-refractivity contribution >= 4 is 41.0 Å². The van der Waals surface area contributed by atoms with Gasteiger partial charge in [-0.3, -0.25) is 19.3 Å². The lowest BCUT2D eigenvalue weighted by Crippen LogP contribution is -2.46. The van der Waals surface area contributed by atoms with Crippen LogP contribution in [0.5, 0.6) is 0 Å². The third-order valence-corrected chi connectivity index (χ3v) is 5.34. The van der Waals surface area contributed by atoms with Gasteiger partial charge in [-0.25, -0.2) is 4.79 Å². The lowest BCUT2D eigenvalue weighted by molar-refractivity contribution is -0.146. The first kappa shape index (κ1) is 20.1. The van der Waals surface area contributed by atoms with Crippen molar-refractivity contribution in [2.75, 3.05) is 11.9 Å². The van der Waals surface area contributed by atoms with Gasteiger partial charge in [-0.1, -0.05) is 17.7 Å². The Morgan fingerprint density at radius 3 is 2.50 bits per heavy atom. The minimum atomic E-state index is -0.950. The molecule has 8 heteroatoms. The predicted octanol–water partition coefficient (Wildman–Crippen LogP) is 2.71. The number of esters is 1. The van der Waals surface area contributed by atoms with Crippen LogP contribution >= 0.6 is 11.6 Å². The van der Waals surface area contributed by atoms with Crippen molar-refractivity contribution in [3.63, 3.8) is 0 Å². The third-order valence-electron chi connectivity index (χ3n) is 5.03. The highest BCUT2D eigenvalue weighted by molar-refractivity contribution is 6.30. The van der Waals surface area contributed by atoms with Gasteiger partial charge >= 0.3 is 5.97 Å². The van der Waals surface area contributed by atoms with Crippen molar-refractivity contribution in [1.82, 2.24) is 4.90 Å². The van der Waals surface area contributed by atoms with Crippen molar-refractivity contribution in [2.24, 2.45) is 11.8 Å². The van der Waals surface area contributed by atoms with E-state index in [0.29, 0.717) is 29.1 Å². The first-order chi connectivity index (χ1) is 13.3. The number of amides is 3. The Labute approximate surface area is 167 Å². The molecule has 0 radical (unpaired) electrons. The van der Waals surface area contributed by atoms with Gasteiger partial charge in [0.05, 0.1) is 24.0 Å². The van der Waals surface area contributed by atoms with Crippen molar-refractivity contribution in [1.29, 1.82) is 0 Å². The van der Waals surface area contributed by atoms with Crippen molar-refractivity contribution in [3.8, 4) is 0 Å². The molecule has 1 saturated heterocycles. The maximum atomic E-state index is 12.7. The normalized spacial score (nSPS) is 22.4. The monoisotopic (exact) mass is 404 g/mol. The van der Waals surface area contributed by atoms with Crippen molar-refractivity contribution in [3.05, 3.63) is 40.9 Å². The van der Waals surface area contributed by atoms with Gasteiger partial charge in [0.25, 0.3) is 0 Å². The Kier molecular flexibility index (Phi) is 5.84. The molecule has 0 aromatic heterocycles. The molecule has 3 amide bonds. The van der Waals surface area contributed by atoms with Crippen LogP contribution in [0.1, 0.15) is 37.0 Å². The number of ether oxygens (including phenoxy) is 1. The topological polar surface area (TPSA) is 92.8 Å². The molecule has 0 saturated carbocycles. The molecule has 1 aliphatic heterocycles. The highest BCUT2D eigenvalue weighted by Crippen LogP contribution is 2.39. The molecule has 1 aromatic carbocycles. The van der Waals surface area contributed by atoms with Crippen LogP contribution in [0.4, 0.5) is 5.69 Å². The van der Waals surface area contributed by atoms with Gasteiger partial charge in [-0.05, 0) is 51.0 Å². The van der Waals surface area contributed by atoms with Crippen molar-refractivity contribution in [2.45, 2.75) is 32.7 Å². The smallest absolute Gasteiger partial charge is 0.338 e. The number of rotatable bonds is 5. The van der Waals surface area contributed by atoms with Crippen LogP contribution in [-0.2, 0) is 19.1 Å². The molecule has 7 nitrogen and oxygen atoms in total. The molecule has 3 atom stereocenters. The van der Waals surface area contributed by atoms with Crippen molar-refractivity contribution < 1.29 is 23.9 Å². The molecule has 1 N–H and O–H groups in total. The minimum absolute atomic E-state index is 0.273. The average Bonchev–Trinajstić information content (AvgIpc) is 2.92. The molecule has 0 unspecified atom stereocenters. The number of imide groups is 1. The van der Waals surface area contributed by atoms with Crippen LogP contribution in [0.3, 0.4) is 0 Å². The van der Waals surface area contributed by atoms with Gasteiger partial charge in [0.1, 0.15) is 6.04 Å². The van der Waals surface area contributed by atoms with E-state index in [0.717, 1.165) is 4.90 Å². The zero-order valence-corrected chi connectivity index (χ0v) is 16.4. The van der Waals surface area contributed by atoms with Crippen LogP contribution in [0.15, 0.2) is 35.4 Å². The van der Waals surface area contributed by atoms with Crippen LogP contribution in [0.25, 0.3) is 0 Å². The van der Waals surface area contributed by atoms with E-state index in [-0.39, 0.29) is 18.4 Å². The molecule has 1 heterocycles. The summed E-state index contributed by atoms with van der Waals surface area (Å²) >= 11 is 6.02. The highest BCUT2D eigenvalue weighted by Gasteiger charge is 2.51. The molecule has 2 aliphatic rings. The average molecular weight is 405 g/mol. The molecule has 0 bridgehead atoms. The van der Waals surface area contributed by atoms with Gasteiger partial charge in [0, 0.05) is 10.7 Å². The van der Waals surface area contributed by atoms with Gasteiger partial charge in [0.15, 0.2) is 0 Å². The number of benzene rings is 1. The number of carbonyl (C=O) groups is 4. The summed E-state index contributed by atoms with van der Waals surface area (Å²) in [5.41, 5.74) is 0.817. The fourth-order valence-corrected chi connectivity index (χ4v) is 3.76. The number of hydrogen-bond donors (Lipinski definition) is 1. The van der Waals surface area contributed by atoms with E-state index in [1.165, 1.54) is 19.1 Å². The van der Waals surface area contributed by atoms with Crippen LogP contribution in [0.2, 0.25) is 0 Å². The molecule has 1 fully saturated rings. The maximum absolute atomic E-state index is 12.7. The lowest BCUT2D eigenvalue weighted by atomic mass is 9.85. The Morgan fingerprint density at radius 1 is 1.21 bits per heavy atom. The van der Waals surface area contributed by atoms with E-state index in [1.54, 1.807) is 25.1 Å². The second kappa shape index (κ2) is 8.14. The van der Waals surface area contributed by atoms with Gasteiger partial charge in [0.2, 0.25) is 17.7 Å². The zero-order valence-electron chi connectivity index (χ0n) is 15.6. The van der Waals surface area contributed by atoms with E-state index in [4.69, 9.17) is 16.3 Å². The summed E-state index contributed by atoms with van der Waals surface area (Å²) in [7, 11) is 0. The molecular formula is C20H21ClN2O5. The third kappa shape index (κ3) is 3.80. The number of anilines is 1. The fraction of sp³-hybridized carbons (Fsp3) is 0.400. The van der Waals surface area contributed by atoms with E-state index >= 15 is 0 Å². The summed E-state index contributed by atoms with van der Waals surface area (Å²) in [6, 6.07) is 5.25.